The number of hydrogen-bond donors (Lipinski definition) is 1. The van der Waals surface area contributed by atoms with E-state index in [0.29, 0.717) is 0 Å². The molecule has 0 saturated carbocycles. The van der Waals surface area contributed by atoms with Crippen molar-refractivity contribution in [3.8, 4) is 23.0 Å². The average molecular weight is 463 g/mol. The van der Waals surface area contributed by atoms with Crippen molar-refractivity contribution >= 4 is 11.0 Å². The number of rotatable bonds is 5. The van der Waals surface area contributed by atoms with Crippen molar-refractivity contribution in [2.75, 3.05) is 13.7 Å². The molecule has 4 rings (SSSR count). The van der Waals surface area contributed by atoms with E-state index in [1.54, 1.807) is 12.1 Å². The van der Waals surface area contributed by atoms with E-state index in [2.05, 4.69) is 4.90 Å². The van der Waals surface area contributed by atoms with Crippen LogP contribution in [-0.2, 0) is 12.7 Å². The van der Waals surface area contributed by atoms with Gasteiger partial charge in [-0.3, -0.25) is 9.69 Å². The number of piperidine rings is 1. The molecule has 9 heteroatoms. The molecule has 3 aromatic rings. The standard InChI is InChI=1S/C24H24F3NO5/c1-14-7-5-6-12-28(14)13-16-17(29)11-10-15-20(30)22(23(24(25,26)27)33-21(15)16)32-19-9-4-3-8-18(19)31-2/h3-4,8-11,14,29H,5-7,12-13H2,1-2H3. The van der Waals surface area contributed by atoms with Crippen molar-refractivity contribution in [3.63, 3.8) is 0 Å². The third kappa shape index (κ3) is 4.50. The van der Waals surface area contributed by atoms with Crippen LogP contribution in [0.25, 0.3) is 11.0 Å². The zero-order valence-electron chi connectivity index (χ0n) is 18.2. The molecule has 1 unspecified atom stereocenters. The normalized spacial score (nSPS) is 17.3. The first-order valence-corrected chi connectivity index (χ1v) is 10.6. The Labute approximate surface area is 188 Å². The van der Waals surface area contributed by atoms with Crippen LogP contribution in [-0.4, -0.2) is 29.7 Å². The molecular weight excluding hydrogens is 439 g/mol. The van der Waals surface area contributed by atoms with Crippen LogP contribution in [0.5, 0.6) is 23.0 Å². The molecule has 0 bridgehead atoms. The van der Waals surface area contributed by atoms with Crippen LogP contribution in [0.1, 0.15) is 37.5 Å². The summed E-state index contributed by atoms with van der Waals surface area (Å²) in [7, 11) is 1.34. The predicted molar refractivity (Wildman–Crippen MR) is 116 cm³/mol. The van der Waals surface area contributed by atoms with Gasteiger partial charge in [0.05, 0.1) is 18.1 Å². The number of methoxy groups -OCH3 is 1. The molecule has 0 amide bonds. The van der Waals surface area contributed by atoms with E-state index < -0.39 is 23.1 Å². The summed E-state index contributed by atoms with van der Waals surface area (Å²) in [5, 5.41) is 10.4. The maximum absolute atomic E-state index is 14.0. The van der Waals surface area contributed by atoms with Crippen molar-refractivity contribution in [1.29, 1.82) is 0 Å². The second kappa shape index (κ2) is 8.97. The van der Waals surface area contributed by atoms with E-state index in [0.717, 1.165) is 25.8 Å². The predicted octanol–water partition coefficient (Wildman–Crippen LogP) is 5.69. The summed E-state index contributed by atoms with van der Waals surface area (Å²) in [6.07, 6.45) is -2.05. The molecule has 6 nitrogen and oxygen atoms in total. The van der Waals surface area contributed by atoms with Gasteiger partial charge in [0.2, 0.25) is 11.2 Å². The smallest absolute Gasteiger partial charge is 0.453 e. The lowest BCUT2D eigenvalue weighted by Gasteiger charge is -2.33. The van der Waals surface area contributed by atoms with Gasteiger partial charge in [-0.2, -0.15) is 13.2 Å². The van der Waals surface area contributed by atoms with Crippen LogP contribution in [0.2, 0.25) is 0 Å². The Morgan fingerprint density at radius 3 is 2.55 bits per heavy atom. The first-order chi connectivity index (χ1) is 15.7. The van der Waals surface area contributed by atoms with Gasteiger partial charge in [0.25, 0.3) is 5.76 Å². The number of phenolic OH excluding ortho intramolecular Hbond substituents is 1. The zero-order valence-corrected chi connectivity index (χ0v) is 18.2. The van der Waals surface area contributed by atoms with Gasteiger partial charge in [-0.15, -0.1) is 0 Å². The lowest BCUT2D eigenvalue weighted by molar-refractivity contribution is -0.154. The number of benzene rings is 2. The van der Waals surface area contributed by atoms with Crippen LogP contribution < -0.4 is 14.9 Å². The number of aromatic hydroxyl groups is 1. The van der Waals surface area contributed by atoms with Crippen molar-refractivity contribution < 1.29 is 32.2 Å². The highest BCUT2D eigenvalue weighted by atomic mass is 19.4. The van der Waals surface area contributed by atoms with Crippen LogP contribution >= 0.6 is 0 Å². The summed E-state index contributed by atoms with van der Waals surface area (Å²) in [5.41, 5.74) is -1.13. The minimum atomic E-state index is -5.01. The van der Waals surface area contributed by atoms with Crippen LogP contribution in [0, 0.1) is 0 Å². The number of hydrogen-bond acceptors (Lipinski definition) is 6. The fourth-order valence-corrected chi connectivity index (χ4v) is 4.13. The van der Waals surface area contributed by atoms with Gasteiger partial charge in [0, 0.05) is 12.6 Å². The number of halogens is 3. The second-order valence-corrected chi connectivity index (χ2v) is 8.10. The zero-order chi connectivity index (χ0) is 23.8. The Bertz CT molecular complexity index is 1220. The van der Waals surface area contributed by atoms with E-state index in [4.69, 9.17) is 13.9 Å². The molecule has 2 aromatic carbocycles. The molecule has 1 aliphatic rings. The molecule has 1 atom stereocenters. The van der Waals surface area contributed by atoms with Crippen LogP contribution in [0.4, 0.5) is 13.2 Å². The summed E-state index contributed by atoms with van der Waals surface area (Å²) in [6, 6.07) is 8.79. The Balaban J connectivity index is 1.89. The maximum Gasteiger partial charge on any atom is 0.453 e. The van der Waals surface area contributed by atoms with E-state index >= 15 is 0 Å². The molecule has 0 spiro atoms. The molecule has 0 radical (unpaired) electrons. The molecule has 1 fully saturated rings. The molecule has 33 heavy (non-hydrogen) atoms. The van der Waals surface area contributed by atoms with Gasteiger partial charge in [-0.25, -0.2) is 0 Å². The van der Waals surface area contributed by atoms with Crippen molar-refractivity contribution in [3.05, 3.63) is 57.9 Å². The highest BCUT2D eigenvalue weighted by Crippen LogP contribution is 2.41. The molecule has 2 heterocycles. The molecule has 176 valence electrons. The molecule has 1 aromatic heterocycles. The largest absolute Gasteiger partial charge is 0.507 e. The number of alkyl halides is 3. The number of likely N-dealkylation sites (tertiary alicyclic amines) is 1. The molecule has 0 aliphatic carbocycles. The van der Waals surface area contributed by atoms with Gasteiger partial charge in [-0.1, -0.05) is 18.6 Å². The number of nitrogens with zero attached hydrogens (tertiary/aromatic N) is 1. The molecule has 1 aliphatic heterocycles. The summed E-state index contributed by atoms with van der Waals surface area (Å²) < 4.78 is 57.8. The van der Waals surface area contributed by atoms with Gasteiger partial charge in [-0.05, 0) is 50.6 Å². The third-order valence-corrected chi connectivity index (χ3v) is 5.94. The fourth-order valence-electron chi connectivity index (χ4n) is 4.13. The first-order valence-electron chi connectivity index (χ1n) is 10.6. The van der Waals surface area contributed by atoms with E-state index in [1.165, 1.54) is 31.4 Å². The number of fused-ring (bicyclic) bond motifs is 1. The van der Waals surface area contributed by atoms with Gasteiger partial charge in [0.1, 0.15) is 11.3 Å². The van der Waals surface area contributed by atoms with E-state index in [-0.39, 0.29) is 46.4 Å². The first kappa shape index (κ1) is 23.0. The number of para-hydroxylation sites is 2. The van der Waals surface area contributed by atoms with Gasteiger partial charge < -0.3 is 19.0 Å². The quantitative estimate of drug-likeness (QED) is 0.524. The van der Waals surface area contributed by atoms with Crippen LogP contribution in [0.3, 0.4) is 0 Å². The van der Waals surface area contributed by atoms with E-state index in [1.807, 2.05) is 6.92 Å². The summed E-state index contributed by atoms with van der Waals surface area (Å²) in [4.78, 5) is 15.3. The SMILES string of the molecule is COc1ccccc1Oc1c(C(F)(F)F)oc2c(CN3CCCCC3C)c(O)ccc2c1=O. The summed E-state index contributed by atoms with van der Waals surface area (Å²) >= 11 is 0. The Hall–Kier alpha value is -3.20. The number of phenols is 1. The third-order valence-electron chi connectivity index (χ3n) is 5.94. The second-order valence-electron chi connectivity index (χ2n) is 8.10. The van der Waals surface area contributed by atoms with E-state index in [9.17, 15) is 23.1 Å². The Kier molecular flexibility index (Phi) is 6.25. The summed E-state index contributed by atoms with van der Waals surface area (Å²) in [6.45, 7) is 2.93. The highest BCUT2D eigenvalue weighted by Gasteiger charge is 2.41. The monoisotopic (exact) mass is 463 g/mol. The Morgan fingerprint density at radius 2 is 1.88 bits per heavy atom. The lowest BCUT2D eigenvalue weighted by atomic mass is 10.0. The fraction of sp³-hybridized carbons (Fsp3) is 0.375. The van der Waals surface area contributed by atoms with Crippen LogP contribution in [0.15, 0.2) is 45.6 Å². The topological polar surface area (TPSA) is 72.1 Å². The minimum absolute atomic E-state index is 0.0571. The van der Waals surface area contributed by atoms with Gasteiger partial charge in [0.15, 0.2) is 11.5 Å². The molecule has 1 N–H and O–H groups in total. The minimum Gasteiger partial charge on any atom is -0.507 e. The highest BCUT2D eigenvalue weighted by molar-refractivity contribution is 5.83. The lowest BCUT2D eigenvalue weighted by Crippen LogP contribution is -2.36. The van der Waals surface area contributed by atoms with Crippen molar-refractivity contribution in [2.45, 2.75) is 44.9 Å². The van der Waals surface area contributed by atoms with Crippen molar-refractivity contribution in [1.82, 2.24) is 4.90 Å². The van der Waals surface area contributed by atoms with Crippen molar-refractivity contribution in [2.24, 2.45) is 0 Å². The Morgan fingerprint density at radius 1 is 1.15 bits per heavy atom. The maximum atomic E-state index is 14.0. The number of ether oxygens (including phenoxy) is 2. The summed E-state index contributed by atoms with van der Waals surface area (Å²) in [5.74, 6) is -2.67. The van der Waals surface area contributed by atoms with Gasteiger partial charge >= 0.3 is 6.18 Å². The average Bonchev–Trinajstić information content (AvgIpc) is 2.78. The molecular formula is C24H24F3NO5. The molecule has 1 saturated heterocycles.